The fraction of sp³-hybridized carbons (Fsp3) is 0.148. The molecule has 0 fully saturated rings. The molecule has 5 rings (SSSR count). The summed E-state index contributed by atoms with van der Waals surface area (Å²) in [5.74, 6) is 0.0106. The van der Waals surface area contributed by atoms with Gasteiger partial charge in [0.15, 0.2) is 6.61 Å². The van der Waals surface area contributed by atoms with E-state index in [0.717, 1.165) is 22.0 Å². The van der Waals surface area contributed by atoms with Crippen molar-refractivity contribution in [3.8, 4) is 10.6 Å². The molecule has 5 aromatic rings. The van der Waals surface area contributed by atoms with Gasteiger partial charge in [0.25, 0.3) is 0 Å². The van der Waals surface area contributed by atoms with E-state index in [2.05, 4.69) is 4.98 Å². The maximum absolute atomic E-state index is 13.1. The Hall–Kier alpha value is -3.97. The van der Waals surface area contributed by atoms with Crippen LogP contribution in [-0.2, 0) is 11.3 Å². The van der Waals surface area contributed by atoms with Gasteiger partial charge < -0.3 is 13.7 Å². The molecule has 0 unspecified atom stereocenters. The maximum Gasteiger partial charge on any atom is 0.339 e. The topological polar surface area (TPSA) is 74.3 Å². The maximum atomic E-state index is 13.1. The Morgan fingerprint density at radius 1 is 1.03 bits per heavy atom. The highest BCUT2D eigenvalue weighted by atomic mass is 32.1. The van der Waals surface area contributed by atoms with Crippen LogP contribution in [0, 0.1) is 13.8 Å². The highest BCUT2D eigenvalue weighted by Gasteiger charge is 2.20. The number of benzene rings is 1. The van der Waals surface area contributed by atoms with Crippen molar-refractivity contribution < 1.29 is 18.7 Å². The third kappa shape index (κ3) is 4.18. The number of carbonyl (C=O) groups is 2. The van der Waals surface area contributed by atoms with Crippen molar-refractivity contribution >= 4 is 34.0 Å². The summed E-state index contributed by atoms with van der Waals surface area (Å²) < 4.78 is 12.9. The van der Waals surface area contributed by atoms with Gasteiger partial charge in [-0.25, -0.2) is 9.78 Å². The molecule has 170 valence electrons. The van der Waals surface area contributed by atoms with Crippen LogP contribution >= 0.6 is 11.3 Å². The van der Waals surface area contributed by atoms with E-state index < -0.39 is 5.97 Å². The molecular formula is C27H22N2O4S. The van der Waals surface area contributed by atoms with Crippen LogP contribution in [0.15, 0.2) is 76.7 Å². The van der Waals surface area contributed by atoms with Crippen LogP contribution in [0.25, 0.3) is 21.5 Å². The van der Waals surface area contributed by atoms with Crippen LogP contribution < -0.4 is 0 Å². The third-order valence-corrected chi connectivity index (χ3v) is 6.70. The molecule has 0 atom stereocenters. The second-order valence-corrected chi connectivity index (χ2v) is 8.95. The molecule has 1 aromatic carbocycles. The van der Waals surface area contributed by atoms with Crippen molar-refractivity contribution in [2.45, 2.75) is 20.4 Å². The zero-order valence-corrected chi connectivity index (χ0v) is 19.6. The Balaban J connectivity index is 1.37. The normalized spacial score (nSPS) is 11.1. The number of ether oxygens (including phenoxy) is 1. The number of hydrogen-bond acceptors (Lipinski definition) is 6. The fourth-order valence-electron chi connectivity index (χ4n) is 4.07. The number of thiophene rings is 1. The Morgan fingerprint density at radius 3 is 2.65 bits per heavy atom. The van der Waals surface area contributed by atoms with E-state index >= 15 is 0 Å². The minimum Gasteiger partial charge on any atom is -0.467 e. The molecule has 0 spiro atoms. The number of para-hydroxylation sites is 1. The largest absolute Gasteiger partial charge is 0.467 e. The van der Waals surface area contributed by atoms with Gasteiger partial charge >= 0.3 is 5.97 Å². The first-order chi connectivity index (χ1) is 16.5. The van der Waals surface area contributed by atoms with E-state index in [4.69, 9.17) is 9.15 Å². The van der Waals surface area contributed by atoms with Crippen LogP contribution in [0.3, 0.4) is 0 Å². The van der Waals surface area contributed by atoms with Gasteiger partial charge in [-0.15, -0.1) is 11.3 Å². The molecule has 34 heavy (non-hydrogen) atoms. The van der Waals surface area contributed by atoms with Crippen LogP contribution in [0.5, 0.6) is 0 Å². The van der Waals surface area contributed by atoms with Crippen LogP contribution in [0.1, 0.15) is 37.9 Å². The number of furan rings is 1. The van der Waals surface area contributed by atoms with Gasteiger partial charge in [0.2, 0.25) is 5.78 Å². The monoisotopic (exact) mass is 470 g/mol. The molecule has 7 heteroatoms. The van der Waals surface area contributed by atoms with Crippen molar-refractivity contribution in [2.75, 3.05) is 6.61 Å². The molecule has 4 heterocycles. The zero-order chi connectivity index (χ0) is 23.7. The number of ketones is 1. The molecule has 0 radical (unpaired) electrons. The lowest BCUT2D eigenvalue weighted by Crippen LogP contribution is -2.15. The molecule has 4 aromatic heterocycles. The quantitative estimate of drug-likeness (QED) is 0.213. The van der Waals surface area contributed by atoms with Crippen molar-refractivity contribution in [1.29, 1.82) is 0 Å². The standard InChI is InChI=1S/C27H22N2O4S/c1-17-13-21(18(2)29(17)15-19-7-5-11-32-19)25(30)16-33-27(31)22-14-24(26-10-6-12-34-26)28-23-9-4-3-8-20(22)23/h3-14H,15-16H2,1-2H3. The van der Waals surface area contributed by atoms with E-state index in [0.29, 0.717) is 34.3 Å². The molecule has 0 aliphatic heterocycles. The number of Topliss-reactive ketones (excluding diaryl/α,β-unsaturated/α-hetero) is 1. The van der Waals surface area contributed by atoms with Crippen molar-refractivity contribution in [2.24, 2.45) is 0 Å². The second-order valence-electron chi connectivity index (χ2n) is 8.00. The first-order valence-electron chi connectivity index (χ1n) is 10.8. The van der Waals surface area contributed by atoms with Gasteiger partial charge in [0.05, 0.1) is 34.5 Å². The smallest absolute Gasteiger partial charge is 0.339 e. The third-order valence-electron chi connectivity index (χ3n) is 5.81. The fourth-order valence-corrected chi connectivity index (χ4v) is 4.75. The van der Waals surface area contributed by atoms with Crippen molar-refractivity contribution in [3.05, 3.63) is 101 Å². The summed E-state index contributed by atoms with van der Waals surface area (Å²) in [6.07, 6.45) is 1.63. The average molecular weight is 471 g/mol. The predicted octanol–water partition coefficient (Wildman–Crippen LogP) is 6.06. The molecule has 0 aliphatic carbocycles. The van der Waals surface area contributed by atoms with Gasteiger partial charge in [-0.2, -0.15) is 0 Å². The van der Waals surface area contributed by atoms with Crippen LogP contribution in [0.4, 0.5) is 0 Å². The molecule has 0 saturated heterocycles. The van der Waals surface area contributed by atoms with Crippen molar-refractivity contribution in [3.63, 3.8) is 0 Å². The molecule has 0 bridgehead atoms. The molecule has 0 amide bonds. The Kier molecular flexibility index (Phi) is 5.86. The Bertz CT molecular complexity index is 1480. The number of rotatable bonds is 7. The van der Waals surface area contributed by atoms with Gasteiger partial charge in [-0.3, -0.25) is 4.79 Å². The van der Waals surface area contributed by atoms with Gasteiger partial charge in [0.1, 0.15) is 5.76 Å². The lowest BCUT2D eigenvalue weighted by atomic mass is 10.1. The zero-order valence-electron chi connectivity index (χ0n) is 18.8. The number of esters is 1. The minimum absolute atomic E-state index is 0.246. The Morgan fingerprint density at radius 2 is 1.88 bits per heavy atom. The lowest BCUT2D eigenvalue weighted by molar-refractivity contribution is 0.0476. The second kappa shape index (κ2) is 9.11. The number of fused-ring (bicyclic) bond motifs is 1. The summed E-state index contributed by atoms with van der Waals surface area (Å²) in [6, 6.07) is 18.6. The van der Waals surface area contributed by atoms with E-state index in [1.807, 2.05) is 78.4 Å². The number of carbonyl (C=O) groups excluding carboxylic acids is 2. The number of pyridine rings is 1. The highest BCUT2D eigenvalue weighted by molar-refractivity contribution is 7.13. The van der Waals surface area contributed by atoms with Gasteiger partial charge in [-0.1, -0.05) is 24.3 Å². The number of hydrogen-bond donors (Lipinski definition) is 0. The summed E-state index contributed by atoms with van der Waals surface area (Å²) in [4.78, 5) is 31.7. The first kappa shape index (κ1) is 21.9. The van der Waals surface area contributed by atoms with Crippen LogP contribution in [0.2, 0.25) is 0 Å². The first-order valence-corrected chi connectivity index (χ1v) is 11.7. The van der Waals surface area contributed by atoms with Crippen LogP contribution in [-0.4, -0.2) is 27.9 Å². The number of aryl methyl sites for hydroxylation is 1. The van der Waals surface area contributed by atoms with Gasteiger partial charge in [-0.05, 0) is 55.6 Å². The van der Waals surface area contributed by atoms with E-state index in [1.165, 1.54) is 0 Å². The van der Waals surface area contributed by atoms with E-state index in [1.54, 1.807) is 23.7 Å². The lowest BCUT2D eigenvalue weighted by Gasteiger charge is -2.10. The predicted molar refractivity (Wildman–Crippen MR) is 131 cm³/mol. The molecule has 6 nitrogen and oxygen atoms in total. The number of aromatic nitrogens is 2. The number of nitrogens with zero attached hydrogens (tertiary/aromatic N) is 2. The summed E-state index contributed by atoms with van der Waals surface area (Å²) in [5.41, 5.74) is 4.08. The minimum atomic E-state index is -0.547. The summed E-state index contributed by atoms with van der Waals surface area (Å²) in [7, 11) is 0. The highest BCUT2D eigenvalue weighted by Crippen LogP contribution is 2.28. The summed E-state index contributed by atoms with van der Waals surface area (Å²) in [6.45, 7) is 4.02. The molecular weight excluding hydrogens is 448 g/mol. The SMILES string of the molecule is Cc1cc(C(=O)COC(=O)c2cc(-c3cccs3)nc3ccccc23)c(C)n1Cc1ccco1. The summed E-state index contributed by atoms with van der Waals surface area (Å²) in [5, 5.41) is 2.66. The molecule has 0 N–H and O–H groups in total. The van der Waals surface area contributed by atoms with E-state index in [9.17, 15) is 9.59 Å². The molecule has 0 aliphatic rings. The van der Waals surface area contributed by atoms with Gasteiger partial charge in [0, 0.05) is 22.3 Å². The van der Waals surface area contributed by atoms with Crippen molar-refractivity contribution in [1.82, 2.24) is 9.55 Å². The van der Waals surface area contributed by atoms with E-state index in [-0.39, 0.29) is 12.4 Å². The average Bonchev–Trinajstić information content (AvgIpc) is 3.61. The summed E-state index contributed by atoms with van der Waals surface area (Å²) >= 11 is 1.55. The Labute approximate surface area is 200 Å². The molecule has 0 saturated carbocycles.